The minimum Gasteiger partial charge on any atom is -0.341 e. The van der Waals surface area contributed by atoms with E-state index in [1.807, 2.05) is 16.7 Å². The molecule has 3 aliphatic rings. The lowest BCUT2D eigenvalue weighted by molar-refractivity contribution is -0.133. The van der Waals surface area contributed by atoms with E-state index in [2.05, 4.69) is 0 Å². The highest BCUT2D eigenvalue weighted by molar-refractivity contribution is 8.02. The van der Waals surface area contributed by atoms with Crippen molar-refractivity contribution in [3.63, 3.8) is 0 Å². The molecule has 2 bridgehead atoms. The molecular weight excluding hydrogens is 172 g/mol. The van der Waals surface area contributed by atoms with Crippen LogP contribution in [0.3, 0.4) is 0 Å². The van der Waals surface area contributed by atoms with Gasteiger partial charge in [-0.1, -0.05) is 0 Å². The Hall–Kier alpha value is -0.220. The molecule has 12 heavy (non-hydrogen) atoms. The van der Waals surface area contributed by atoms with Crippen molar-refractivity contribution >= 4 is 17.7 Å². The molecule has 68 valence electrons. The molecule has 1 amide bonds. The van der Waals surface area contributed by atoms with Crippen LogP contribution >= 0.6 is 11.8 Å². The van der Waals surface area contributed by atoms with E-state index in [9.17, 15) is 4.79 Å². The Morgan fingerprint density at radius 2 is 2.42 bits per heavy atom. The molecule has 0 spiro atoms. The monoisotopic (exact) mass is 186 g/mol. The van der Waals surface area contributed by atoms with Gasteiger partial charge in [0.05, 0.1) is 5.25 Å². The second-order valence-corrected chi connectivity index (χ2v) is 4.92. The third-order valence-electron chi connectivity index (χ3n) is 2.48. The van der Waals surface area contributed by atoms with Crippen LogP contribution in [0.5, 0.6) is 0 Å². The average molecular weight is 186 g/mol. The van der Waals surface area contributed by atoms with Crippen molar-refractivity contribution in [2.45, 2.75) is 23.3 Å². The third kappa shape index (κ3) is 1.33. The summed E-state index contributed by atoms with van der Waals surface area (Å²) in [6.45, 7) is 2.51. The highest BCUT2D eigenvalue weighted by Crippen LogP contribution is 2.42. The van der Waals surface area contributed by atoms with Gasteiger partial charge >= 0.3 is 0 Å². The molecule has 0 aliphatic carbocycles. The van der Waals surface area contributed by atoms with Crippen LogP contribution in [0.4, 0.5) is 0 Å². The van der Waals surface area contributed by atoms with Crippen LogP contribution in [-0.2, 0) is 4.79 Å². The van der Waals surface area contributed by atoms with Crippen LogP contribution in [0.2, 0.25) is 0 Å². The second kappa shape index (κ2) is 3.26. The van der Waals surface area contributed by atoms with Gasteiger partial charge < -0.3 is 10.6 Å². The van der Waals surface area contributed by atoms with Gasteiger partial charge in [0.25, 0.3) is 0 Å². The number of nitrogens with zero attached hydrogens (tertiary/aromatic N) is 1. The molecule has 2 unspecified atom stereocenters. The molecule has 3 saturated heterocycles. The number of fused-ring (bicyclic) bond motifs is 2. The molecule has 0 aromatic carbocycles. The summed E-state index contributed by atoms with van der Waals surface area (Å²) in [5, 5.41) is 1.02. The summed E-state index contributed by atoms with van der Waals surface area (Å²) >= 11 is 1.84. The molecule has 0 aromatic heterocycles. The third-order valence-corrected chi connectivity index (χ3v) is 3.93. The maximum atomic E-state index is 11.5. The zero-order valence-corrected chi connectivity index (χ0v) is 7.85. The summed E-state index contributed by atoms with van der Waals surface area (Å²) in [4.78, 5) is 13.5. The highest BCUT2D eigenvalue weighted by atomic mass is 32.2. The molecule has 3 fully saturated rings. The standard InChI is InChI=1S/C8H14N2OS/c9-2-1-3-10-5-6-4-7(12-6)8(10)11/h6-7H,1-5,9H2. The Kier molecular flexibility index (Phi) is 2.28. The number of rotatable bonds is 3. The van der Waals surface area contributed by atoms with E-state index in [4.69, 9.17) is 5.73 Å². The van der Waals surface area contributed by atoms with E-state index < -0.39 is 0 Å². The molecule has 4 heteroatoms. The van der Waals surface area contributed by atoms with Gasteiger partial charge in [-0.05, 0) is 19.4 Å². The summed E-state index contributed by atoms with van der Waals surface area (Å²) in [6, 6.07) is 0. The number of thioether (sulfide) groups is 1. The van der Waals surface area contributed by atoms with E-state index in [0.29, 0.717) is 17.7 Å². The quantitative estimate of drug-likeness (QED) is 0.677. The van der Waals surface area contributed by atoms with Crippen LogP contribution < -0.4 is 5.73 Å². The molecule has 0 saturated carbocycles. The summed E-state index contributed by atoms with van der Waals surface area (Å²) < 4.78 is 0. The van der Waals surface area contributed by atoms with Crippen molar-refractivity contribution in [1.82, 2.24) is 4.90 Å². The van der Waals surface area contributed by atoms with Gasteiger partial charge in [0.15, 0.2) is 0 Å². The second-order valence-electron chi connectivity index (χ2n) is 3.41. The molecular formula is C8H14N2OS. The average Bonchev–Trinajstić information content (AvgIpc) is 2.00. The molecule has 0 aromatic rings. The lowest BCUT2D eigenvalue weighted by Gasteiger charge is -2.45. The van der Waals surface area contributed by atoms with Crippen molar-refractivity contribution in [2.75, 3.05) is 19.6 Å². The minimum atomic E-state index is 0.293. The number of amides is 1. The van der Waals surface area contributed by atoms with Crippen LogP contribution in [0.1, 0.15) is 12.8 Å². The first-order chi connectivity index (χ1) is 5.81. The Bertz CT molecular complexity index is 191. The number of nitrogens with two attached hydrogens (primary N) is 1. The van der Waals surface area contributed by atoms with Gasteiger partial charge in [-0.25, -0.2) is 0 Å². The maximum Gasteiger partial charge on any atom is 0.235 e. The van der Waals surface area contributed by atoms with E-state index in [0.717, 1.165) is 31.2 Å². The smallest absolute Gasteiger partial charge is 0.235 e. The summed E-state index contributed by atoms with van der Waals surface area (Å²) in [5.74, 6) is 0.343. The van der Waals surface area contributed by atoms with Gasteiger partial charge in [-0.15, -0.1) is 11.8 Å². The highest BCUT2D eigenvalue weighted by Gasteiger charge is 2.43. The minimum absolute atomic E-state index is 0.293. The molecule has 3 nitrogen and oxygen atoms in total. The van der Waals surface area contributed by atoms with Crippen LogP contribution in [-0.4, -0.2) is 40.9 Å². The van der Waals surface area contributed by atoms with Crippen LogP contribution in [0, 0.1) is 0 Å². The number of piperidine rings is 1. The van der Waals surface area contributed by atoms with E-state index >= 15 is 0 Å². The largest absolute Gasteiger partial charge is 0.341 e. The first-order valence-electron chi connectivity index (χ1n) is 4.45. The van der Waals surface area contributed by atoms with Gasteiger partial charge in [-0.3, -0.25) is 4.79 Å². The van der Waals surface area contributed by atoms with Gasteiger partial charge in [0, 0.05) is 18.3 Å². The molecule has 2 N–H and O–H groups in total. The number of hydrogen-bond acceptors (Lipinski definition) is 3. The summed E-state index contributed by atoms with van der Waals surface area (Å²) in [5.41, 5.74) is 5.39. The molecule has 0 radical (unpaired) electrons. The van der Waals surface area contributed by atoms with Gasteiger partial charge in [0.2, 0.25) is 5.91 Å². The maximum absolute atomic E-state index is 11.5. The number of hydrogen-bond donors (Lipinski definition) is 1. The normalized spacial score (nSPS) is 33.4. The Morgan fingerprint density at radius 3 is 3.00 bits per heavy atom. The molecule has 2 atom stereocenters. The van der Waals surface area contributed by atoms with Crippen LogP contribution in [0.25, 0.3) is 0 Å². The number of carbonyl (C=O) groups is 1. The first kappa shape index (κ1) is 8.38. The zero-order chi connectivity index (χ0) is 8.55. The van der Waals surface area contributed by atoms with E-state index in [1.54, 1.807) is 0 Å². The first-order valence-corrected chi connectivity index (χ1v) is 5.40. The Morgan fingerprint density at radius 1 is 1.67 bits per heavy atom. The van der Waals surface area contributed by atoms with Gasteiger partial charge in [-0.2, -0.15) is 0 Å². The fourth-order valence-electron chi connectivity index (χ4n) is 1.76. The Labute approximate surface area is 76.7 Å². The predicted octanol–water partition coefficient (Wildman–Crippen LogP) is 0.0515. The molecule has 3 rings (SSSR count). The van der Waals surface area contributed by atoms with Crippen LogP contribution in [0.15, 0.2) is 0 Å². The Balaban J connectivity index is 1.86. The van der Waals surface area contributed by atoms with Crippen molar-refractivity contribution in [3.8, 4) is 0 Å². The number of carbonyl (C=O) groups excluding carboxylic acids is 1. The van der Waals surface area contributed by atoms with Crippen molar-refractivity contribution in [3.05, 3.63) is 0 Å². The van der Waals surface area contributed by atoms with Gasteiger partial charge in [0.1, 0.15) is 0 Å². The van der Waals surface area contributed by atoms with E-state index in [-0.39, 0.29) is 0 Å². The van der Waals surface area contributed by atoms with Crippen molar-refractivity contribution in [2.24, 2.45) is 5.73 Å². The topological polar surface area (TPSA) is 46.3 Å². The van der Waals surface area contributed by atoms with Crippen molar-refractivity contribution in [1.29, 1.82) is 0 Å². The fraction of sp³-hybridized carbons (Fsp3) is 0.875. The summed E-state index contributed by atoms with van der Waals surface area (Å²) in [6.07, 6.45) is 2.05. The fourth-order valence-corrected chi connectivity index (χ4v) is 3.04. The van der Waals surface area contributed by atoms with Crippen molar-refractivity contribution < 1.29 is 4.79 Å². The SMILES string of the molecule is NCCCN1CC2CC(S2)C1=O. The van der Waals surface area contributed by atoms with E-state index in [1.165, 1.54) is 0 Å². The predicted molar refractivity (Wildman–Crippen MR) is 50.0 cm³/mol. The molecule has 3 aliphatic heterocycles. The molecule has 3 heterocycles. The zero-order valence-electron chi connectivity index (χ0n) is 7.03. The lowest BCUT2D eigenvalue weighted by Crippen LogP contribution is -2.55. The summed E-state index contributed by atoms with van der Waals surface area (Å²) in [7, 11) is 0. The lowest BCUT2D eigenvalue weighted by atomic mass is 10.1.